The van der Waals surface area contributed by atoms with Crippen molar-refractivity contribution in [1.82, 2.24) is 0 Å². The highest BCUT2D eigenvalue weighted by atomic mass is 16.5. The summed E-state index contributed by atoms with van der Waals surface area (Å²) in [4.78, 5) is 0. The first kappa shape index (κ1) is 13.7. The molecule has 3 heteroatoms. The van der Waals surface area contributed by atoms with Crippen molar-refractivity contribution in [3.05, 3.63) is 18.2 Å². The summed E-state index contributed by atoms with van der Waals surface area (Å²) in [6.07, 6.45) is 1.08. The molecule has 3 N–H and O–H groups in total. The fourth-order valence-electron chi connectivity index (χ4n) is 1.89. The molecule has 1 unspecified atom stereocenters. The molecule has 0 heterocycles. The first-order chi connectivity index (χ1) is 8.10. The van der Waals surface area contributed by atoms with Crippen LogP contribution in [0, 0.1) is 5.92 Å². The number of ether oxygens (including phenoxy) is 1. The standard InChI is InChI=1S/C14H24N2O/c1-5-11(10(3)4)16-12-8-7-9-13(14(12)15)17-6-2/h7-11,16H,5-6,15H2,1-4H3. The van der Waals surface area contributed by atoms with E-state index in [-0.39, 0.29) is 0 Å². The van der Waals surface area contributed by atoms with E-state index < -0.39 is 0 Å². The Labute approximate surface area is 104 Å². The van der Waals surface area contributed by atoms with Crippen LogP contribution in [0.5, 0.6) is 5.75 Å². The first-order valence-corrected chi connectivity index (χ1v) is 6.37. The van der Waals surface area contributed by atoms with Gasteiger partial charge in [0.05, 0.1) is 18.0 Å². The van der Waals surface area contributed by atoms with Crippen LogP contribution in [-0.2, 0) is 0 Å². The second kappa shape index (κ2) is 6.38. The molecule has 1 atom stereocenters. The van der Waals surface area contributed by atoms with E-state index in [4.69, 9.17) is 10.5 Å². The summed E-state index contributed by atoms with van der Waals surface area (Å²) in [7, 11) is 0. The van der Waals surface area contributed by atoms with E-state index in [9.17, 15) is 0 Å². The number of nitrogens with two attached hydrogens (primary N) is 1. The summed E-state index contributed by atoms with van der Waals surface area (Å²) < 4.78 is 5.49. The van der Waals surface area contributed by atoms with Crippen molar-refractivity contribution >= 4 is 11.4 Å². The van der Waals surface area contributed by atoms with Crippen LogP contribution in [0.2, 0.25) is 0 Å². The molecule has 0 spiro atoms. The van der Waals surface area contributed by atoms with Gasteiger partial charge in [0.1, 0.15) is 5.75 Å². The lowest BCUT2D eigenvalue weighted by molar-refractivity contribution is 0.342. The van der Waals surface area contributed by atoms with Gasteiger partial charge < -0.3 is 15.8 Å². The van der Waals surface area contributed by atoms with E-state index in [1.165, 1.54) is 0 Å². The molecule has 1 aromatic rings. The molecule has 0 aliphatic rings. The van der Waals surface area contributed by atoms with Gasteiger partial charge in [-0.3, -0.25) is 0 Å². The third-order valence-corrected chi connectivity index (χ3v) is 2.95. The Balaban J connectivity index is 2.87. The molecule has 0 aliphatic heterocycles. The second-order valence-electron chi connectivity index (χ2n) is 4.55. The topological polar surface area (TPSA) is 47.3 Å². The molecule has 0 saturated carbocycles. The number of hydrogen-bond donors (Lipinski definition) is 2. The van der Waals surface area contributed by atoms with Gasteiger partial charge >= 0.3 is 0 Å². The lowest BCUT2D eigenvalue weighted by Gasteiger charge is -2.23. The number of nitrogen functional groups attached to an aromatic ring is 1. The monoisotopic (exact) mass is 236 g/mol. The summed E-state index contributed by atoms with van der Waals surface area (Å²) in [5.74, 6) is 1.34. The fraction of sp³-hybridized carbons (Fsp3) is 0.571. The van der Waals surface area contributed by atoms with Gasteiger partial charge in [0.15, 0.2) is 0 Å². The highest BCUT2D eigenvalue weighted by molar-refractivity contribution is 5.73. The largest absolute Gasteiger partial charge is 0.492 e. The lowest BCUT2D eigenvalue weighted by Crippen LogP contribution is -2.25. The molecule has 0 aliphatic carbocycles. The Morgan fingerprint density at radius 2 is 2.00 bits per heavy atom. The number of hydrogen-bond acceptors (Lipinski definition) is 3. The molecule has 0 aromatic heterocycles. The zero-order valence-corrected chi connectivity index (χ0v) is 11.3. The minimum Gasteiger partial charge on any atom is -0.492 e. The van der Waals surface area contributed by atoms with E-state index in [0.717, 1.165) is 17.9 Å². The second-order valence-corrected chi connectivity index (χ2v) is 4.55. The maximum absolute atomic E-state index is 6.09. The maximum Gasteiger partial charge on any atom is 0.144 e. The molecule has 0 fully saturated rings. The number of rotatable bonds is 6. The van der Waals surface area contributed by atoms with Crippen molar-refractivity contribution in [3.63, 3.8) is 0 Å². The van der Waals surface area contributed by atoms with Crippen LogP contribution in [0.1, 0.15) is 34.1 Å². The van der Waals surface area contributed by atoms with Gasteiger partial charge in [-0.05, 0) is 31.4 Å². The molecule has 3 nitrogen and oxygen atoms in total. The summed E-state index contributed by atoms with van der Waals surface area (Å²) in [6.45, 7) is 9.20. The van der Waals surface area contributed by atoms with E-state index in [2.05, 4.69) is 26.1 Å². The molecule has 1 rings (SSSR count). The number of para-hydroxylation sites is 1. The smallest absolute Gasteiger partial charge is 0.144 e. The zero-order valence-electron chi connectivity index (χ0n) is 11.3. The number of benzene rings is 1. The highest BCUT2D eigenvalue weighted by Crippen LogP contribution is 2.30. The Morgan fingerprint density at radius 1 is 1.29 bits per heavy atom. The molecule has 0 amide bonds. The third kappa shape index (κ3) is 3.55. The van der Waals surface area contributed by atoms with Crippen LogP contribution in [-0.4, -0.2) is 12.6 Å². The van der Waals surface area contributed by atoms with E-state index >= 15 is 0 Å². The molecular formula is C14H24N2O. The van der Waals surface area contributed by atoms with Gasteiger partial charge in [-0.2, -0.15) is 0 Å². The average molecular weight is 236 g/mol. The predicted molar refractivity (Wildman–Crippen MR) is 74.6 cm³/mol. The normalized spacial score (nSPS) is 12.5. The van der Waals surface area contributed by atoms with Gasteiger partial charge in [-0.1, -0.05) is 26.8 Å². The Morgan fingerprint density at radius 3 is 2.53 bits per heavy atom. The molecule has 1 aromatic carbocycles. The van der Waals surface area contributed by atoms with Crippen LogP contribution in [0.25, 0.3) is 0 Å². The van der Waals surface area contributed by atoms with Gasteiger partial charge in [-0.15, -0.1) is 0 Å². The van der Waals surface area contributed by atoms with E-state index in [1.807, 2.05) is 25.1 Å². The third-order valence-electron chi connectivity index (χ3n) is 2.95. The highest BCUT2D eigenvalue weighted by Gasteiger charge is 2.13. The predicted octanol–water partition coefficient (Wildman–Crippen LogP) is 3.51. The van der Waals surface area contributed by atoms with Gasteiger partial charge in [0.25, 0.3) is 0 Å². The first-order valence-electron chi connectivity index (χ1n) is 6.37. The van der Waals surface area contributed by atoms with Crippen LogP contribution in [0.15, 0.2) is 18.2 Å². The Bertz CT molecular complexity index is 350. The van der Waals surface area contributed by atoms with Gasteiger partial charge in [-0.25, -0.2) is 0 Å². The van der Waals surface area contributed by atoms with Crippen molar-refractivity contribution < 1.29 is 4.74 Å². The molecule has 0 saturated heterocycles. The van der Waals surface area contributed by atoms with Crippen LogP contribution in [0.4, 0.5) is 11.4 Å². The zero-order chi connectivity index (χ0) is 12.8. The summed E-state index contributed by atoms with van der Waals surface area (Å²) in [6, 6.07) is 6.31. The van der Waals surface area contributed by atoms with Crippen LogP contribution in [0.3, 0.4) is 0 Å². The van der Waals surface area contributed by atoms with Crippen molar-refractivity contribution in [2.24, 2.45) is 5.92 Å². The maximum atomic E-state index is 6.09. The average Bonchev–Trinajstić information content (AvgIpc) is 2.30. The van der Waals surface area contributed by atoms with E-state index in [0.29, 0.717) is 24.3 Å². The summed E-state index contributed by atoms with van der Waals surface area (Å²) in [5.41, 5.74) is 7.76. The quantitative estimate of drug-likeness (QED) is 0.743. The van der Waals surface area contributed by atoms with E-state index in [1.54, 1.807) is 0 Å². The molecule has 0 bridgehead atoms. The molecule has 17 heavy (non-hydrogen) atoms. The minimum atomic E-state index is 0.439. The number of nitrogens with one attached hydrogen (secondary N) is 1. The lowest BCUT2D eigenvalue weighted by atomic mass is 10.0. The van der Waals surface area contributed by atoms with Crippen molar-refractivity contribution in [3.8, 4) is 5.75 Å². The summed E-state index contributed by atoms with van der Waals surface area (Å²) >= 11 is 0. The van der Waals surface area contributed by atoms with Crippen molar-refractivity contribution in [2.75, 3.05) is 17.7 Å². The molecular weight excluding hydrogens is 212 g/mol. The summed E-state index contributed by atoms with van der Waals surface area (Å²) in [5, 5.41) is 3.49. The SMILES string of the molecule is CCOc1cccc(NC(CC)C(C)C)c1N. The minimum absolute atomic E-state index is 0.439. The van der Waals surface area contributed by atoms with Gasteiger partial charge in [0.2, 0.25) is 0 Å². The van der Waals surface area contributed by atoms with Crippen molar-refractivity contribution in [1.29, 1.82) is 0 Å². The van der Waals surface area contributed by atoms with Crippen LogP contribution < -0.4 is 15.8 Å². The van der Waals surface area contributed by atoms with Gasteiger partial charge in [0, 0.05) is 6.04 Å². The molecule has 0 radical (unpaired) electrons. The fourth-order valence-corrected chi connectivity index (χ4v) is 1.89. The number of anilines is 2. The Kier molecular flexibility index (Phi) is 5.13. The Hall–Kier alpha value is -1.38. The molecule has 96 valence electrons. The van der Waals surface area contributed by atoms with Crippen LogP contribution >= 0.6 is 0 Å². The van der Waals surface area contributed by atoms with Crippen molar-refractivity contribution in [2.45, 2.75) is 40.2 Å².